The normalized spacial score (nSPS) is 13.0. The van der Waals surface area contributed by atoms with Crippen LogP contribution in [0.1, 0.15) is 41.0 Å². The van der Waals surface area contributed by atoms with Gasteiger partial charge in [-0.3, -0.25) is 4.79 Å². The molecule has 0 aliphatic rings. The van der Waals surface area contributed by atoms with Crippen LogP contribution in [-0.4, -0.2) is 24.2 Å². The largest absolute Gasteiger partial charge is 0.326 e. The molecule has 1 amide bonds. The molecule has 0 aromatic heterocycles. The molecule has 0 fully saturated rings. The van der Waals surface area contributed by atoms with Crippen LogP contribution in [0.4, 0.5) is 5.69 Å². The predicted octanol–water partition coefficient (Wildman–Crippen LogP) is 4.15. The van der Waals surface area contributed by atoms with E-state index in [-0.39, 0.29) is 11.3 Å². The highest BCUT2D eigenvalue weighted by Gasteiger charge is 2.23. The van der Waals surface area contributed by atoms with Gasteiger partial charge in [-0.25, -0.2) is 0 Å². The van der Waals surface area contributed by atoms with Gasteiger partial charge in [-0.05, 0) is 42.6 Å². The predicted molar refractivity (Wildman–Crippen MR) is 93.0 cm³/mol. The van der Waals surface area contributed by atoms with Crippen LogP contribution in [0.25, 0.3) is 0 Å². The molecule has 0 heterocycles. The summed E-state index contributed by atoms with van der Waals surface area (Å²) >= 11 is 1.86. The fourth-order valence-electron chi connectivity index (χ4n) is 1.95. The SMILES string of the molecule is CCCNC(CSc1ccc(NC(C)=O)cc1)C(C)(C)C. The highest BCUT2D eigenvalue weighted by atomic mass is 32.2. The van der Waals surface area contributed by atoms with Crippen molar-refractivity contribution in [3.63, 3.8) is 0 Å². The highest BCUT2D eigenvalue weighted by Crippen LogP contribution is 2.27. The van der Waals surface area contributed by atoms with Gasteiger partial charge in [0.1, 0.15) is 0 Å². The molecule has 0 saturated carbocycles. The second-order valence-electron chi connectivity index (χ2n) is 6.39. The Labute approximate surface area is 133 Å². The lowest BCUT2D eigenvalue weighted by molar-refractivity contribution is -0.114. The molecule has 0 bridgehead atoms. The second-order valence-corrected chi connectivity index (χ2v) is 7.48. The summed E-state index contributed by atoms with van der Waals surface area (Å²) in [6.45, 7) is 11.6. The molecule has 0 radical (unpaired) electrons. The van der Waals surface area contributed by atoms with Crippen molar-refractivity contribution in [2.24, 2.45) is 5.41 Å². The van der Waals surface area contributed by atoms with Crippen LogP contribution in [0.3, 0.4) is 0 Å². The molecule has 118 valence electrons. The van der Waals surface area contributed by atoms with Gasteiger partial charge >= 0.3 is 0 Å². The van der Waals surface area contributed by atoms with Crippen molar-refractivity contribution in [3.05, 3.63) is 24.3 Å². The van der Waals surface area contributed by atoms with Gasteiger partial charge in [0.2, 0.25) is 5.91 Å². The van der Waals surface area contributed by atoms with E-state index in [1.165, 1.54) is 11.8 Å². The van der Waals surface area contributed by atoms with Crippen LogP contribution in [0.2, 0.25) is 0 Å². The molecule has 1 unspecified atom stereocenters. The van der Waals surface area contributed by atoms with Gasteiger partial charge in [0, 0.05) is 29.3 Å². The van der Waals surface area contributed by atoms with E-state index in [1.807, 2.05) is 23.9 Å². The fraction of sp³-hybridized carbons (Fsp3) is 0.588. The third kappa shape index (κ3) is 7.00. The van der Waals surface area contributed by atoms with Crippen LogP contribution in [0.15, 0.2) is 29.2 Å². The van der Waals surface area contributed by atoms with Gasteiger partial charge in [-0.2, -0.15) is 0 Å². The Hall–Kier alpha value is -1.00. The molecule has 1 rings (SSSR count). The minimum absolute atomic E-state index is 0.0352. The molecule has 21 heavy (non-hydrogen) atoms. The van der Waals surface area contributed by atoms with Crippen molar-refractivity contribution in [1.29, 1.82) is 0 Å². The van der Waals surface area contributed by atoms with E-state index in [0.29, 0.717) is 6.04 Å². The molecule has 0 saturated heterocycles. The van der Waals surface area contributed by atoms with Crippen molar-refractivity contribution >= 4 is 23.4 Å². The lowest BCUT2D eigenvalue weighted by Crippen LogP contribution is -2.42. The Morgan fingerprint density at radius 3 is 2.33 bits per heavy atom. The summed E-state index contributed by atoms with van der Waals surface area (Å²) in [5.41, 5.74) is 1.10. The maximum absolute atomic E-state index is 11.0. The maximum atomic E-state index is 11.0. The van der Waals surface area contributed by atoms with E-state index in [9.17, 15) is 4.79 Å². The molecular weight excluding hydrogens is 280 g/mol. The van der Waals surface area contributed by atoms with Gasteiger partial charge in [0.05, 0.1) is 0 Å². The van der Waals surface area contributed by atoms with E-state index in [1.54, 1.807) is 0 Å². The summed E-state index contributed by atoms with van der Waals surface area (Å²) in [6.07, 6.45) is 1.16. The summed E-state index contributed by atoms with van der Waals surface area (Å²) in [5.74, 6) is 1.01. The third-order valence-corrected chi connectivity index (χ3v) is 4.38. The first kappa shape index (κ1) is 18.1. The molecule has 0 aliphatic heterocycles. The zero-order chi connectivity index (χ0) is 15.9. The monoisotopic (exact) mass is 308 g/mol. The Kier molecular flexibility index (Phi) is 7.26. The topological polar surface area (TPSA) is 41.1 Å². The number of carbonyl (C=O) groups is 1. The highest BCUT2D eigenvalue weighted by molar-refractivity contribution is 7.99. The zero-order valence-corrected chi connectivity index (χ0v) is 14.6. The molecule has 1 aromatic rings. The number of carbonyl (C=O) groups excluding carboxylic acids is 1. The summed E-state index contributed by atoms with van der Waals surface area (Å²) in [4.78, 5) is 12.2. The number of amides is 1. The van der Waals surface area contributed by atoms with Gasteiger partial charge in [0.25, 0.3) is 0 Å². The lowest BCUT2D eigenvalue weighted by atomic mass is 9.88. The molecule has 2 N–H and O–H groups in total. The van der Waals surface area contributed by atoms with Crippen molar-refractivity contribution in [1.82, 2.24) is 5.32 Å². The van der Waals surface area contributed by atoms with Crippen molar-refractivity contribution in [3.8, 4) is 0 Å². The summed E-state index contributed by atoms with van der Waals surface area (Å²) in [5, 5.41) is 6.43. The quantitative estimate of drug-likeness (QED) is 0.743. The Morgan fingerprint density at radius 1 is 1.24 bits per heavy atom. The standard InChI is InChI=1S/C17H28N2OS/c1-6-11-18-16(17(3,4)5)12-21-15-9-7-14(8-10-15)19-13(2)20/h7-10,16,18H,6,11-12H2,1-5H3,(H,19,20). The molecule has 0 aliphatic carbocycles. The summed E-state index contributed by atoms with van der Waals surface area (Å²) < 4.78 is 0. The minimum Gasteiger partial charge on any atom is -0.326 e. The van der Waals surface area contributed by atoms with Gasteiger partial charge in [-0.15, -0.1) is 11.8 Å². The van der Waals surface area contributed by atoms with Crippen LogP contribution < -0.4 is 10.6 Å². The Bertz CT molecular complexity index is 437. The fourth-order valence-corrected chi connectivity index (χ4v) is 3.26. The average Bonchev–Trinajstić information content (AvgIpc) is 2.38. The van der Waals surface area contributed by atoms with Crippen LogP contribution in [0, 0.1) is 5.41 Å². The van der Waals surface area contributed by atoms with Gasteiger partial charge in [0.15, 0.2) is 0 Å². The van der Waals surface area contributed by atoms with E-state index >= 15 is 0 Å². The number of anilines is 1. The van der Waals surface area contributed by atoms with E-state index in [4.69, 9.17) is 0 Å². The van der Waals surface area contributed by atoms with Gasteiger partial charge in [-0.1, -0.05) is 27.7 Å². The maximum Gasteiger partial charge on any atom is 0.221 e. The molecule has 3 nitrogen and oxygen atoms in total. The number of nitrogens with one attached hydrogen (secondary N) is 2. The van der Waals surface area contributed by atoms with Crippen molar-refractivity contribution in [2.75, 3.05) is 17.6 Å². The number of thioether (sulfide) groups is 1. The molecule has 4 heteroatoms. The second kappa shape index (κ2) is 8.44. The van der Waals surface area contributed by atoms with Gasteiger partial charge < -0.3 is 10.6 Å². The third-order valence-electron chi connectivity index (χ3n) is 3.28. The molecule has 0 spiro atoms. The number of benzene rings is 1. The minimum atomic E-state index is -0.0352. The average molecular weight is 308 g/mol. The van der Waals surface area contributed by atoms with Crippen molar-refractivity contribution < 1.29 is 4.79 Å². The summed E-state index contributed by atoms with van der Waals surface area (Å²) in [6, 6.07) is 8.52. The van der Waals surface area contributed by atoms with Crippen LogP contribution >= 0.6 is 11.8 Å². The van der Waals surface area contributed by atoms with Crippen LogP contribution in [0.5, 0.6) is 0 Å². The molecule has 1 atom stereocenters. The van der Waals surface area contributed by atoms with Crippen molar-refractivity contribution in [2.45, 2.75) is 52.0 Å². The first-order valence-electron chi connectivity index (χ1n) is 7.56. The Morgan fingerprint density at radius 2 is 1.86 bits per heavy atom. The van der Waals surface area contributed by atoms with E-state index < -0.39 is 0 Å². The van der Waals surface area contributed by atoms with E-state index in [2.05, 4.69) is 50.5 Å². The Balaban J connectivity index is 2.57. The number of hydrogen-bond acceptors (Lipinski definition) is 3. The molecular formula is C17H28N2OS. The first-order chi connectivity index (χ1) is 9.82. The van der Waals surface area contributed by atoms with E-state index in [0.717, 1.165) is 24.4 Å². The number of rotatable bonds is 7. The summed E-state index contributed by atoms with van der Waals surface area (Å²) in [7, 11) is 0. The van der Waals surface area contributed by atoms with Crippen LogP contribution in [-0.2, 0) is 4.79 Å². The molecule has 1 aromatic carbocycles. The first-order valence-corrected chi connectivity index (χ1v) is 8.55. The number of hydrogen-bond donors (Lipinski definition) is 2. The smallest absolute Gasteiger partial charge is 0.221 e. The lowest BCUT2D eigenvalue weighted by Gasteiger charge is -2.31. The zero-order valence-electron chi connectivity index (χ0n) is 13.8.